The van der Waals surface area contributed by atoms with Crippen molar-refractivity contribution in [3.05, 3.63) is 22.2 Å². The standard InChI is InChI=1S/C10H9BrN2O3/c1-13(2)10-12-7-4-5(9(14)15)3-6(11)8(7)16-10/h3-4H,1-2H3,(H,14,15). The fourth-order valence-electron chi connectivity index (χ4n) is 1.29. The average molecular weight is 285 g/mol. The quantitative estimate of drug-likeness (QED) is 0.917. The van der Waals surface area contributed by atoms with Gasteiger partial charge in [0.15, 0.2) is 5.58 Å². The van der Waals surface area contributed by atoms with E-state index in [1.165, 1.54) is 12.1 Å². The summed E-state index contributed by atoms with van der Waals surface area (Å²) in [7, 11) is 3.60. The fourth-order valence-corrected chi connectivity index (χ4v) is 1.83. The van der Waals surface area contributed by atoms with Gasteiger partial charge in [-0.2, -0.15) is 4.98 Å². The third kappa shape index (κ3) is 1.76. The lowest BCUT2D eigenvalue weighted by Crippen LogP contribution is -2.08. The van der Waals surface area contributed by atoms with Crippen LogP contribution in [-0.4, -0.2) is 30.2 Å². The molecule has 0 radical (unpaired) electrons. The summed E-state index contributed by atoms with van der Waals surface area (Å²) in [5, 5.41) is 8.90. The minimum Gasteiger partial charge on any atom is -0.478 e. The predicted molar refractivity (Wildman–Crippen MR) is 63.0 cm³/mol. The van der Waals surface area contributed by atoms with Crippen molar-refractivity contribution >= 4 is 39.0 Å². The molecule has 2 rings (SSSR count). The number of oxazole rings is 1. The molecule has 84 valence electrons. The first kappa shape index (κ1) is 10.9. The summed E-state index contributed by atoms with van der Waals surface area (Å²) < 4.78 is 6.06. The first-order chi connectivity index (χ1) is 7.49. The number of benzene rings is 1. The molecule has 1 aromatic carbocycles. The van der Waals surface area contributed by atoms with Gasteiger partial charge in [0.05, 0.1) is 10.0 Å². The highest BCUT2D eigenvalue weighted by atomic mass is 79.9. The second kappa shape index (κ2) is 3.79. The van der Waals surface area contributed by atoms with Gasteiger partial charge in [-0.05, 0) is 28.1 Å². The first-order valence-electron chi connectivity index (χ1n) is 4.49. The van der Waals surface area contributed by atoms with Crippen molar-refractivity contribution in [2.45, 2.75) is 0 Å². The molecule has 0 spiro atoms. The van der Waals surface area contributed by atoms with E-state index in [0.29, 0.717) is 21.6 Å². The number of halogens is 1. The molecule has 0 saturated heterocycles. The Hall–Kier alpha value is -1.56. The molecule has 0 aliphatic heterocycles. The molecule has 1 heterocycles. The van der Waals surface area contributed by atoms with Gasteiger partial charge in [0, 0.05) is 14.1 Å². The molecule has 16 heavy (non-hydrogen) atoms. The maximum absolute atomic E-state index is 10.8. The number of carbonyl (C=O) groups is 1. The Balaban J connectivity index is 2.68. The van der Waals surface area contributed by atoms with Crippen LogP contribution in [0.2, 0.25) is 0 Å². The van der Waals surface area contributed by atoms with Gasteiger partial charge in [-0.1, -0.05) is 0 Å². The number of nitrogens with zero attached hydrogens (tertiary/aromatic N) is 2. The van der Waals surface area contributed by atoms with Crippen LogP contribution in [0.25, 0.3) is 11.1 Å². The molecule has 1 N–H and O–H groups in total. The Morgan fingerprint density at radius 1 is 1.50 bits per heavy atom. The smallest absolute Gasteiger partial charge is 0.335 e. The molecule has 0 saturated carbocycles. The molecule has 0 amide bonds. The maximum atomic E-state index is 10.8. The van der Waals surface area contributed by atoms with Gasteiger partial charge in [0.1, 0.15) is 5.52 Å². The minimum absolute atomic E-state index is 0.179. The van der Waals surface area contributed by atoms with Gasteiger partial charge >= 0.3 is 5.97 Å². The van der Waals surface area contributed by atoms with Crippen LogP contribution < -0.4 is 4.90 Å². The Labute approximate surface area is 99.8 Å². The van der Waals surface area contributed by atoms with Gasteiger partial charge in [-0.15, -0.1) is 0 Å². The number of carboxylic acid groups (broad SMARTS) is 1. The van der Waals surface area contributed by atoms with Gasteiger partial charge in [0.25, 0.3) is 6.01 Å². The number of rotatable bonds is 2. The topological polar surface area (TPSA) is 66.6 Å². The lowest BCUT2D eigenvalue weighted by atomic mass is 10.2. The molecule has 0 fully saturated rings. The molecular weight excluding hydrogens is 276 g/mol. The van der Waals surface area contributed by atoms with Crippen LogP contribution in [0.1, 0.15) is 10.4 Å². The van der Waals surface area contributed by atoms with E-state index in [9.17, 15) is 4.79 Å². The fraction of sp³-hybridized carbons (Fsp3) is 0.200. The number of fused-ring (bicyclic) bond motifs is 1. The minimum atomic E-state index is -0.989. The highest BCUT2D eigenvalue weighted by Crippen LogP contribution is 2.29. The summed E-state index contributed by atoms with van der Waals surface area (Å²) >= 11 is 3.26. The summed E-state index contributed by atoms with van der Waals surface area (Å²) in [5.74, 6) is -0.989. The van der Waals surface area contributed by atoms with Crippen LogP contribution in [0, 0.1) is 0 Å². The van der Waals surface area contributed by atoms with E-state index in [4.69, 9.17) is 9.52 Å². The van der Waals surface area contributed by atoms with Gasteiger partial charge in [0.2, 0.25) is 0 Å². The maximum Gasteiger partial charge on any atom is 0.335 e. The summed E-state index contributed by atoms with van der Waals surface area (Å²) in [6.07, 6.45) is 0. The van der Waals surface area contributed by atoms with Crippen molar-refractivity contribution in [3.63, 3.8) is 0 Å². The van der Waals surface area contributed by atoms with Gasteiger partial charge in [-0.3, -0.25) is 0 Å². The summed E-state index contributed by atoms with van der Waals surface area (Å²) in [6.45, 7) is 0. The van der Waals surface area contributed by atoms with Crippen LogP contribution in [0.5, 0.6) is 0 Å². The monoisotopic (exact) mass is 284 g/mol. The summed E-state index contributed by atoms with van der Waals surface area (Å²) in [5.41, 5.74) is 1.25. The predicted octanol–water partition coefficient (Wildman–Crippen LogP) is 2.35. The van der Waals surface area contributed by atoms with Crippen molar-refractivity contribution < 1.29 is 14.3 Å². The Morgan fingerprint density at radius 3 is 2.75 bits per heavy atom. The molecule has 6 heteroatoms. The van der Waals surface area contributed by atoms with Crippen LogP contribution >= 0.6 is 15.9 Å². The third-order valence-electron chi connectivity index (χ3n) is 2.06. The second-order valence-corrected chi connectivity index (χ2v) is 4.36. The number of hydrogen-bond donors (Lipinski definition) is 1. The Kier molecular flexibility index (Phi) is 2.59. The zero-order valence-corrected chi connectivity index (χ0v) is 10.3. The van der Waals surface area contributed by atoms with Crippen LogP contribution in [0.15, 0.2) is 21.0 Å². The van der Waals surface area contributed by atoms with E-state index in [1.807, 2.05) is 0 Å². The summed E-state index contributed by atoms with van der Waals surface area (Å²) in [4.78, 5) is 16.7. The second-order valence-electron chi connectivity index (χ2n) is 3.50. The third-order valence-corrected chi connectivity index (χ3v) is 2.65. The number of carboxylic acids is 1. The SMILES string of the molecule is CN(C)c1nc2cc(C(=O)O)cc(Br)c2o1. The van der Waals surface area contributed by atoms with Crippen molar-refractivity contribution in [2.75, 3.05) is 19.0 Å². The van der Waals surface area contributed by atoms with Crippen molar-refractivity contribution in [1.29, 1.82) is 0 Å². The highest BCUT2D eigenvalue weighted by Gasteiger charge is 2.14. The molecule has 5 nitrogen and oxygen atoms in total. The van der Waals surface area contributed by atoms with Gasteiger partial charge < -0.3 is 14.4 Å². The van der Waals surface area contributed by atoms with Gasteiger partial charge in [-0.25, -0.2) is 4.79 Å². The number of aromatic nitrogens is 1. The lowest BCUT2D eigenvalue weighted by molar-refractivity contribution is 0.0697. The van der Waals surface area contributed by atoms with E-state index in [-0.39, 0.29) is 5.56 Å². The Morgan fingerprint density at radius 2 is 2.19 bits per heavy atom. The van der Waals surface area contributed by atoms with E-state index >= 15 is 0 Å². The average Bonchev–Trinajstić information content (AvgIpc) is 2.61. The molecule has 1 aromatic heterocycles. The Bertz CT molecular complexity index is 562. The van der Waals surface area contributed by atoms with Crippen LogP contribution in [-0.2, 0) is 0 Å². The molecule has 0 aliphatic rings. The van der Waals surface area contributed by atoms with Crippen LogP contribution in [0.3, 0.4) is 0 Å². The van der Waals surface area contributed by atoms with Crippen LogP contribution in [0.4, 0.5) is 6.01 Å². The lowest BCUT2D eigenvalue weighted by Gasteiger charge is -2.03. The zero-order valence-electron chi connectivity index (χ0n) is 8.69. The molecule has 0 bridgehead atoms. The summed E-state index contributed by atoms with van der Waals surface area (Å²) in [6, 6.07) is 3.42. The van der Waals surface area contributed by atoms with Crippen molar-refractivity contribution in [2.24, 2.45) is 0 Å². The molecule has 0 unspecified atom stereocenters. The van der Waals surface area contributed by atoms with E-state index < -0.39 is 5.97 Å². The highest BCUT2D eigenvalue weighted by molar-refractivity contribution is 9.10. The molecule has 0 aliphatic carbocycles. The number of anilines is 1. The molecular formula is C10H9BrN2O3. The molecule has 0 atom stereocenters. The number of aromatic carboxylic acids is 1. The van der Waals surface area contributed by atoms with E-state index in [0.717, 1.165) is 0 Å². The number of hydrogen-bond acceptors (Lipinski definition) is 4. The first-order valence-corrected chi connectivity index (χ1v) is 5.29. The van der Waals surface area contributed by atoms with E-state index in [1.54, 1.807) is 19.0 Å². The van der Waals surface area contributed by atoms with E-state index in [2.05, 4.69) is 20.9 Å². The zero-order chi connectivity index (χ0) is 11.9. The molecule has 2 aromatic rings. The van der Waals surface area contributed by atoms with Crippen molar-refractivity contribution in [1.82, 2.24) is 4.98 Å². The largest absolute Gasteiger partial charge is 0.478 e. The normalized spacial score (nSPS) is 10.7. The van der Waals surface area contributed by atoms with Crippen molar-refractivity contribution in [3.8, 4) is 0 Å².